The highest BCUT2D eigenvalue weighted by molar-refractivity contribution is 5.75. The fourth-order valence-electron chi connectivity index (χ4n) is 1.67. The smallest absolute Gasteiger partial charge is 0.310 e. The van der Waals surface area contributed by atoms with E-state index in [-0.39, 0.29) is 5.97 Å². The van der Waals surface area contributed by atoms with Crippen LogP contribution in [0.1, 0.15) is 31.7 Å². The first-order valence-corrected chi connectivity index (χ1v) is 6.16. The number of hydrogen-bond acceptors (Lipinski definition) is 3. The number of hydrogen-bond donors (Lipinski definition) is 1. The highest BCUT2D eigenvalue weighted by Gasteiger charge is 2.06. The molecule has 1 rings (SSSR count). The van der Waals surface area contributed by atoms with Crippen molar-refractivity contribution in [3.05, 3.63) is 29.8 Å². The Labute approximate surface area is 103 Å². The third-order valence-electron chi connectivity index (χ3n) is 2.68. The van der Waals surface area contributed by atoms with Crippen LogP contribution < -0.4 is 5.32 Å². The van der Waals surface area contributed by atoms with E-state index in [4.69, 9.17) is 0 Å². The van der Waals surface area contributed by atoms with Crippen LogP contribution in [0.25, 0.3) is 0 Å². The monoisotopic (exact) mass is 235 g/mol. The van der Waals surface area contributed by atoms with Crippen molar-refractivity contribution in [1.82, 2.24) is 0 Å². The van der Waals surface area contributed by atoms with Gasteiger partial charge in [0.25, 0.3) is 0 Å². The van der Waals surface area contributed by atoms with Crippen LogP contribution in [0, 0.1) is 0 Å². The predicted molar refractivity (Wildman–Crippen MR) is 70.2 cm³/mol. The fraction of sp³-hybridized carbons (Fsp3) is 0.500. The number of ether oxygens (including phenoxy) is 1. The zero-order chi connectivity index (χ0) is 12.5. The Balaban J connectivity index is 2.54. The average molecular weight is 235 g/mol. The van der Waals surface area contributed by atoms with E-state index in [2.05, 4.69) is 17.0 Å². The molecule has 3 nitrogen and oxygen atoms in total. The molecule has 1 aromatic rings. The van der Waals surface area contributed by atoms with Gasteiger partial charge in [0.05, 0.1) is 13.5 Å². The second kappa shape index (κ2) is 7.71. The molecule has 17 heavy (non-hydrogen) atoms. The second-order valence-electron chi connectivity index (χ2n) is 4.04. The minimum absolute atomic E-state index is 0.201. The molecule has 0 bridgehead atoms. The van der Waals surface area contributed by atoms with Gasteiger partial charge in [0.1, 0.15) is 0 Å². The van der Waals surface area contributed by atoms with Gasteiger partial charge < -0.3 is 10.1 Å². The van der Waals surface area contributed by atoms with Crippen LogP contribution in [0.5, 0.6) is 0 Å². The Morgan fingerprint density at radius 2 is 2.06 bits per heavy atom. The largest absolute Gasteiger partial charge is 0.469 e. The van der Waals surface area contributed by atoms with Crippen LogP contribution in [0.2, 0.25) is 0 Å². The van der Waals surface area contributed by atoms with Crippen molar-refractivity contribution >= 4 is 11.7 Å². The average Bonchev–Trinajstić information content (AvgIpc) is 2.36. The van der Waals surface area contributed by atoms with E-state index in [1.807, 2.05) is 24.3 Å². The van der Waals surface area contributed by atoms with Gasteiger partial charge >= 0.3 is 5.97 Å². The number of benzene rings is 1. The summed E-state index contributed by atoms with van der Waals surface area (Å²) in [6.07, 6.45) is 3.92. The van der Waals surface area contributed by atoms with Gasteiger partial charge in [-0.1, -0.05) is 38.0 Å². The number of methoxy groups -OCH3 is 1. The number of carbonyl (C=O) groups excluding carboxylic acids is 1. The van der Waals surface area contributed by atoms with E-state index in [1.54, 1.807) is 0 Å². The molecule has 1 N–H and O–H groups in total. The Bertz CT molecular complexity index is 350. The Morgan fingerprint density at radius 1 is 1.29 bits per heavy atom. The molecule has 1 aromatic carbocycles. The highest BCUT2D eigenvalue weighted by Crippen LogP contribution is 2.16. The molecule has 0 saturated heterocycles. The molecule has 0 spiro atoms. The molecule has 94 valence electrons. The summed E-state index contributed by atoms with van der Waals surface area (Å²) in [6, 6.07) is 7.88. The Morgan fingerprint density at radius 3 is 2.76 bits per heavy atom. The van der Waals surface area contributed by atoms with E-state index in [0.717, 1.165) is 24.2 Å². The van der Waals surface area contributed by atoms with Gasteiger partial charge in [-0.3, -0.25) is 4.79 Å². The molecule has 0 unspecified atom stereocenters. The fourth-order valence-corrected chi connectivity index (χ4v) is 1.67. The maximum Gasteiger partial charge on any atom is 0.310 e. The van der Waals surface area contributed by atoms with Gasteiger partial charge in [0.2, 0.25) is 0 Å². The number of carbonyl (C=O) groups is 1. The van der Waals surface area contributed by atoms with Crippen molar-refractivity contribution in [2.24, 2.45) is 0 Å². The number of nitrogens with one attached hydrogen (secondary N) is 1. The van der Waals surface area contributed by atoms with Gasteiger partial charge in [-0.15, -0.1) is 0 Å². The third kappa shape index (κ3) is 4.89. The predicted octanol–water partition coefficient (Wildman–Crippen LogP) is 3.00. The van der Waals surface area contributed by atoms with Crippen LogP contribution >= 0.6 is 0 Å². The molecule has 0 aromatic heterocycles. The first kappa shape index (κ1) is 13.6. The molecule has 0 aliphatic carbocycles. The standard InChI is InChI=1S/C14H21NO2/c1-3-4-7-10-15-13-9-6-5-8-12(13)11-14(16)17-2/h5-6,8-9,15H,3-4,7,10-11H2,1-2H3. The quantitative estimate of drug-likeness (QED) is 0.583. The van der Waals surface area contributed by atoms with Crippen LogP contribution in [-0.2, 0) is 16.0 Å². The number of para-hydroxylation sites is 1. The van der Waals surface area contributed by atoms with Crippen LogP contribution in [-0.4, -0.2) is 19.6 Å². The highest BCUT2D eigenvalue weighted by atomic mass is 16.5. The van der Waals surface area contributed by atoms with Gasteiger partial charge in [0, 0.05) is 12.2 Å². The maximum absolute atomic E-state index is 11.3. The van der Waals surface area contributed by atoms with Gasteiger partial charge in [-0.25, -0.2) is 0 Å². The molecule has 0 aliphatic rings. The molecular formula is C14H21NO2. The summed E-state index contributed by atoms with van der Waals surface area (Å²) >= 11 is 0. The van der Waals surface area contributed by atoms with E-state index in [1.165, 1.54) is 20.0 Å². The Hall–Kier alpha value is -1.51. The lowest BCUT2D eigenvalue weighted by atomic mass is 10.1. The summed E-state index contributed by atoms with van der Waals surface area (Å²) in [6.45, 7) is 3.14. The summed E-state index contributed by atoms with van der Waals surface area (Å²) in [5, 5.41) is 3.37. The van der Waals surface area contributed by atoms with Gasteiger partial charge in [-0.2, -0.15) is 0 Å². The van der Waals surface area contributed by atoms with Crippen molar-refractivity contribution in [1.29, 1.82) is 0 Å². The zero-order valence-corrected chi connectivity index (χ0v) is 10.7. The van der Waals surface area contributed by atoms with Crippen LogP contribution in [0.15, 0.2) is 24.3 Å². The summed E-state index contributed by atoms with van der Waals surface area (Å²) in [4.78, 5) is 11.3. The van der Waals surface area contributed by atoms with Crippen LogP contribution in [0.3, 0.4) is 0 Å². The van der Waals surface area contributed by atoms with Gasteiger partial charge in [-0.05, 0) is 18.1 Å². The Kier molecular flexibility index (Phi) is 6.15. The minimum Gasteiger partial charge on any atom is -0.469 e. The number of rotatable bonds is 7. The lowest BCUT2D eigenvalue weighted by Crippen LogP contribution is -2.09. The number of unbranched alkanes of at least 4 members (excludes halogenated alkanes) is 2. The molecule has 0 fully saturated rings. The van der Waals surface area contributed by atoms with Crippen molar-refractivity contribution in [2.45, 2.75) is 32.6 Å². The van der Waals surface area contributed by atoms with Crippen molar-refractivity contribution < 1.29 is 9.53 Å². The van der Waals surface area contributed by atoms with E-state index >= 15 is 0 Å². The molecule has 0 saturated carbocycles. The molecule has 3 heteroatoms. The lowest BCUT2D eigenvalue weighted by molar-refractivity contribution is -0.139. The van der Waals surface area contributed by atoms with Crippen LogP contribution in [0.4, 0.5) is 5.69 Å². The molecule has 0 amide bonds. The first-order valence-electron chi connectivity index (χ1n) is 6.16. The lowest BCUT2D eigenvalue weighted by Gasteiger charge is -2.11. The van der Waals surface area contributed by atoms with E-state index < -0.39 is 0 Å². The van der Waals surface area contributed by atoms with Crippen molar-refractivity contribution in [3.63, 3.8) is 0 Å². The topological polar surface area (TPSA) is 38.3 Å². The molecule has 0 radical (unpaired) electrons. The molecule has 0 heterocycles. The van der Waals surface area contributed by atoms with Crippen molar-refractivity contribution in [2.75, 3.05) is 19.0 Å². The molecule has 0 atom stereocenters. The number of anilines is 1. The normalized spacial score (nSPS) is 10.0. The summed E-state index contributed by atoms with van der Waals surface area (Å²) in [5.41, 5.74) is 2.03. The van der Waals surface area contributed by atoms with Crippen molar-refractivity contribution in [3.8, 4) is 0 Å². The summed E-state index contributed by atoms with van der Waals surface area (Å²) in [7, 11) is 1.42. The van der Waals surface area contributed by atoms with E-state index in [9.17, 15) is 4.79 Å². The zero-order valence-electron chi connectivity index (χ0n) is 10.7. The SMILES string of the molecule is CCCCCNc1ccccc1CC(=O)OC. The first-order chi connectivity index (χ1) is 8.27. The summed E-state index contributed by atoms with van der Waals surface area (Å²) < 4.78 is 4.69. The molecule has 0 aliphatic heterocycles. The minimum atomic E-state index is -0.201. The van der Waals surface area contributed by atoms with E-state index in [0.29, 0.717) is 6.42 Å². The second-order valence-corrected chi connectivity index (χ2v) is 4.04. The third-order valence-corrected chi connectivity index (χ3v) is 2.68. The van der Waals surface area contributed by atoms with Gasteiger partial charge in [0.15, 0.2) is 0 Å². The molecular weight excluding hydrogens is 214 g/mol. The summed E-state index contributed by atoms with van der Waals surface area (Å²) in [5.74, 6) is -0.201. The maximum atomic E-state index is 11.3. The number of esters is 1.